The topological polar surface area (TPSA) is 52.8 Å². The molecule has 4 aromatic rings. The van der Waals surface area contributed by atoms with Crippen LogP contribution in [0.5, 0.6) is 11.5 Å². The summed E-state index contributed by atoms with van der Waals surface area (Å²) in [7, 11) is 0. The van der Waals surface area contributed by atoms with Crippen LogP contribution in [0.1, 0.15) is 161 Å². The SMILES string of the molecule is C=C/C=C\C(=Nc1ccccc1-c1cc(C(C)(C)C)cc(C2(C)CC3CC(C)CC(C3)C2)c1O)c1ccccc1-c1cc(C(C)(C)C)cc(C2(C)CC3CC(C)CC(C3)C2)c1O. The molecular formula is C59H75NO2. The van der Waals surface area contributed by atoms with Crippen molar-refractivity contribution in [3.8, 4) is 33.8 Å². The van der Waals surface area contributed by atoms with Crippen molar-refractivity contribution in [1.29, 1.82) is 0 Å². The van der Waals surface area contributed by atoms with Crippen LogP contribution in [0.3, 0.4) is 0 Å². The van der Waals surface area contributed by atoms with E-state index in [1.807, 2.05) is 18.2 Å². The van der Waals surface area contributed by atoms with Gasteiger partial charge in [0.25, 0.3) is 0 Å². The van der Waals surface area contributed by atoms with E-state index in [2.05, 4.69) is 143 Å². The minimum Gasteiger partial charge on any atom is -0.507 e. The van der Waals surface area contributed by atoms with E-state index in [-0.39, 0.29) is 21.7 Å². The van der Waals surface area contributed by atoms with Gasteiger partial charge in [-0.1, -0.05) is 143 Å². The maximum Gasteiger partial charge on any atom is 0.127 e. The number of fused-ring (bicyclic) bond motifs is 4. The fourth-order valence-corrected chi connectivity index (χ4v) is 13.3. The fraction of sp³-hybridized carbons (Fsp3) is 0.508. The van der Waals surface area contributed by atoms with Crippen molar-refractivity contribution in [2.75, 3.05) is 0 Å². The number of hydrogen-bond donors (Lipinski definition) is 2. The molecular weight excluding hydrogens is 755 g/mol. The molecule has 8 rings (SSSR count). The Morgan fingerprint density at radius 1 is 0.597 bits per heavy atom. The predicted molar refractivity (Wildman–Crippen MR) is 263 cm³/mol. The molecule has 0 aliphatic heterocycles. The molecule has 4 saturated carbocycles. The van der Waals surface area contributed by atoms with Crippen LogP contribution in [0.15, 0.2) is 103 Å². The molecule has 3 heteroatoms. The highest BCUT2D eigenvalue weighted by Crippen LogP contribution is 2.57. The number of aliphatic imine (C=N–C) groups is 1. The summed E-state index contributed by atoms with van der Waals surface area (Å²) in [5, 5.41) is 25.3. The molecule has 0 radical (unpaired) electrons. The number of para-hydroxylation sites is 1. The summed E-state index contributed by atoms with van der Waals surface area (Å²) in [6.45, 7) is 27.4. The van der Waals surface area contributed by atoms with Crippen LogP contribution >= 0.6 is 0 Å². The Hall–Kier alpha value is -4.37. The average molecular weight is 830 g/mol. The molecule has 4 aliphatic rings. The Morgan fingerprint density at radius 2 is 1.02 bits per heavy atom. The van der Waals surface area contributed by atoms with Gasteiger partial charge >= 0.3 is 0 Å². The van der Waals surface area contributed by atoms with Crippen LogP contribution in [-0.2, 0) is 21.7 Å². The van der Waals surface area contributed by atoms with E-state index in [9.17, 15) is 10.2 Å². The Kier molecular flexibility index (Phi) is 11.9. The number of allylic oxidation sites excluding steroid dienone is 3. The number of rotatable bonds is 8. The van der Waals surface area contributed by atoms with Crippen molar-refractivity contribution in [3.05, 3.63) is 125 Å². The molecule has 0 amide bonds. The Morgan fingerprint density at radius 3 is 1.47 bits per heavy atom. The molecule has 0 saturated heterocycles. The number of aromatic hydroxyl groups is 2. The summed E-state index contributed by atoms with van der Waals surface area (Å²) in [6, 6.07) is 25.9. The first-order valence-electron chi connectivity index (χ1n) is 24.1. The standard InChI is InChI=1S/C59H75NO2/c1-12-13-21-52(46-19-15-14-18-45(46)48-29-43(56(4,5)6)31-50(54(48)61)58(10)33-39-23-37(2)24-40(27-39)34-58)60-53-22-17-16-20-47(53)49-30-44(57(7,8)9)32-51(55(49)62)59(11)35-41-25-38(3)26-42(28-41)36-59/h12-22,29-32,37-42,61-62H,1,23-28,33-36H2,2-11H3/b21-13-,60-52?. The van der Waals surface area contributed by atoms with E-state index in [0.717, 1.165) is 87.9 Å². The first-order chi connectivity index (χ1) is 29.2. The van der Waals surface area contributed by atoms with Gasteiger partial charge in [-0.05, 0) is 162 Å². The van der Waals surface area contributed by atoms with Gasteiger partial charge in [0.1, 0.15) is 11.5 Å². The van der Waals surface area contributed by atoms with Gasteiger partial charge in [0.05, 0.1) is 11.4 Å². The van der Waals surface area contributed by atoms with Crippen LogP contribution in [0.4, 0.5) is 5.69 Å². The van der Waals surface area contributed by atoms with Crippen molar-refractivity contribution >= 4 is 11.4 Å². The number of phenolic OH excluding ortho intramolecular Hbond substituents is 2. The minimum atomic E-state index is -0.117. The fourth-order valence-electron chi connectivity index (χ4n) is 13.3. The Bertz CT molecular complexity index is 2340. The number of nitrogens with zero attached hydrogens (tertiary/aromatic N) is 1. The highest BCUT2D eigenvalue weighted by molar-refractivity contribution is 6.14. The second kappa shape index (κ2) is 16.6. The van der Waals surface area contributed by atoms with E-state index in [1.54, 1.807) is 6.08 Å². The average Bonchev–Trinajstić information content (AvgIpc) is 3.18. The highest BCUT2D eigenvalue weighted by atomic mass is 16.3. The molecule has 62 heavy (non-hydrogen) atoms. The molecule has 4 aromatic carbocycles. The molecule has 328 valence electrons. The molecule has 4 aliphatic carbocycles. The van der Waals surface area contributed by atoms with Gasteiger partial charge in [-0.15, -0.1) is 0 Å². The molecule has 2 N–H and O–H groups in total. The van der Waals surface area contributed by atoms with Gasteiger partial charge in [-0.3, -0.25) is 0 Å². The van der Waals surface area contributed by atoms with E-state index in [0.29, 0.717) is 35.2 Å². The maximum atomic E-state index is 12.7. The van der Waals surface area contributed by atoms with Crippen LogP contribution in [0.2, 0.25) is 0 Å². The predicted octanol–water partition coefficient (Wildman–Crippen LogP) is 16.1. The van der Waals surface area contributed by atoms with Gasteiger partial charge in [0.2, 0.25) is 0 Å². The number of phenols is 2. The Labute approximate surface area is 374 Å². The molecule has 0 spiro atoms. The van der Waals surface area contributed by atoms with E-state index in [4.69, 9.17) is 4.99 Å². The smallest absolute Gasteiger partial charge is 0.127 e. The lowest BCUT2D eigenvalue weighted by Crippen LogP contribution is -2.39. The van der Waals surface area contributed by atoms with Crippen molar-refractivity contribution < 1.29 is 10.2 Å². The lowest BCUT2D eigenvalue weighted by molar-refractivity contribution is 0.0884. The van der Waals surface area contributed by atoms with Crippen molar-refractivity contribution in [2.24, 2.45) is 40.5 Å². The monoisotopic (exact) mass is 830 g/mol. The number of benzene rings is 4. The number of hydrogen-bond acceptors (Lipinski definition) is 3. The lowest BCUT2D eigenvalue weighted by Gasteiger charge is -2.48. The van der Waals surface area contributed by atoms with Gasteiger partial charge in [0, 0.05) is 33.4 Å². The third kappa shape index (κ3) is 8.76. The second-order valence-corrected chi connectivity index (χ2v) is 23.5. The third-order valence-electron chi connectivity index (χ3n) is 15.8. The van der Waals surface area contributed by atoms with Crippen LogP contribution in [0, 0.1) is 35.5 Å². The molecule has 4 bridgehead atoms. The zero-order valence-corrected chi connectivity index (χ0v) is 39.7. The van der Waals surface area contributed by atoms with Crippen molar-refractivity contribution in [3.63, 3.8) is 0 Å². The van der Waals surface area contributed by atoms with Crippen LogP contribution in [0.25, 0.3) is 22.3 Å². The molecule has 4 unspecified atom stereocenters. The highest BCUT2D eigenvalue weighted by Gasteiger charge is 2.45. The molecule has 4 atom stereocenters. The quantitative estimate of drug-likeness (QED) is 0.137. The van der Waals surface area contributed by atoms with Gasteiger partial charge in [-0.25, -0.2) is 4.99 Å². The second-order valence-electron chi connectivity index (χ2n) is 23.5. The minimum absolute atomic E-state index is 0.100. The molecule has 0 heterocycles. The zero-order chi connectivity index (χ0) is 44.4. The van der Waals surface area contributed by atoms with E-state index >= 15 is 0 Å². The Balaban J connectivity index is 1.28. The summed E-state index contributed by atoms with van der Waals surface area (Å²) in [6.07, 6.45) is 18.1. The first-order valence-corrected chi connectivity index (χ1v) is 24.1. The maximum absolute atomic E-state index is 12.7. The summed E-state index contributed by atoms with van der Waals surface area (Å²) in [4.78, 5) is 5.54. The lowest BCUT2D eigenvalue weighted by atomic mass is 9.57. The van der Waals surface area contributed by atoms with Crippen molar-refractivity contribution in [2.45, 2.75) is 155 Å². The van der Waals surface area contributed by atoms with E-state index < -0.39 is 0 Å². The van der Waals surface area contributed by atoms with E-state index in [1.165, 1.54) is 49.7 Å². The van der Waals surface area contributed by atoms with Gasteiger partial charge in [0.15, 0.2) is 0 Å². The van der Waals surface area contributed by atoms with Gasteiger partial charge < -0.3 is 10.2 Å². The third-order valence-corrected chi connectivity index (χ3v) is 15.8. The summed E-state index contributed by atoms with van der Waals surface area (Å²) in [5.74, 6) is 5.17. The zero-order valence-electron chi connectivity index (χ0n) is 39.7. The summed E-state index contributed by atoms with van der Waals surface area (Å²) in [5.41, 5.74) is 10.3. The normalized spacial score (nSPS) is 29.2. The summed E-state index contributed by atoms with van der Waals surface area (Å²) < 4.78 is 0. The van der Waals surface area contributed by atoms with Crippen molar-refractivity contribution in [1.82, 2.24) is 0 Å². The summed E-state index contributed by atoms with van der Waals surface area (Å²) >= 11 is 0. The largest absolute Gasteiger partial charge is 0.507 e. The molecule has 4 fully saturated rings. The van der Waals surface area contributed by atoms with Gasteiger partial charge in [-0.2, -0.15) is 0 Å². The molecule has 0 aromatic heterocycles. The first kappa shape index (κ1) is 44.2. The van der Waals surface area contributed by atoms with Crippen LogP contribution < -0.4 is 0 Å². The molecule has 3 nitrogen and oxygen atoms in total. The van der Waals surface area contributed by atoms with Crippen LogP contribution in [-0.4, -0.2) is 15.9 Å².